The molecule has 2 N–H and O–H groups in total. The van der Waals surface area contributed by atoms with E-state index in [1.807, 2.05) is 52.8 Å². The SMILES string of the molecule is CCCCCCN(C(=O)C(CC(C)C)NC(=O)OC(C)(C)C)C(C(=O)NC(C)CCC)c1cc(C)ccc1C. The summed E-state index contributed by atoms with van der Waals surface area (Å²) in [5.41, 5.74) is 2.11. The minimum atomic E-state index is -0.806. The van der Waals surface area contributed by atoms with Gasteiger partial charge in [-0.3, -0.25) is 9.59 Å². The van der Waals surface area contributed by atoms with Crippen LogP contribution in [0.4, 0.5) is 4.79 Å². The summed E-state index contributed by atoms with van der Waals surface area (Å²) >= 11 is 0. The molecule has 0 aromatic heterocycles. The fourth-order valence-electron chi connectivity index (χ4n) is 4.75. The van der Waals surface area contributed by atoms with E-state index in [9.17, 15) is 14.4 Å². The van der Waals surface area contributed by atoms with Gasteiger partial charge < -0.3 is 20.3 Å². The average Bonchev–Trinajstić information content (AvgIpc) is 2.80. The molecule has 0 fully saturated rings. The van der Waals surface area contributed by atoms with Gasteiger partial charge in [0.05, 0.1) is 0 Å². The van der Waals surface area contributed by atoms with E-state index >= 15 is 0 Å². The van der Waals surface area contributed by atoms with Crippen LogP contribution < -0.4 is 10.6 Å². The van der Waals surface area contributed by atoms with Gasteiger partial charge in [-0.05, 0) is 77.8 Å². The molecule has 0 radical (unpaired) electrons. The molecule has 3 unspecified atom stereocenters. The van der Waals surface area contributed by atoms with Crippen LogP contribution in [0.15, 0.2) is 18.2 Å². The van der Waals surface area contributed by atoms with E-state index in [1.54, 1.807) is 25.7 Å². The van der Waals surface area contributed by atoms with Crippen molar-refractivity contribution in [3.63, 3.8) is 0 Å². The average molecular weight is 546 g/mol. The lowest BCUT2D eigenvalue weighted by Crippen LogP contribution is -2.54. The van der Waals surface area contributed by atoms with Crippen LogP contribution in [-0.2, 0) is 14.3 Å². The monoisotopic (exact) mass is 545 g/mol. The maximum absolute atomic E-state index is 14.3. The molecule has 0 saturated carbocycles. The van der Waals surface area contributed by atoms with Crippen LogP contribution in [0, 0.1) is 19.8 Å². The summed E-state index contributed by atoms with van der Waals surface area (Å²) in [5.74, 6) is -0.294. The Hall–Kier alpha value is -2.57. The minimum absolute atomic E-state index is 0.0153. The van der Waals surface area contributed by atoms with E-state index in [4.69, 9.17) is 4.74 Å². The summed E-state index contributed by atoms with van der Waals surface area (Å²) in [7, 11) is 0. The van der Waals surface area contributed by atoms with Crippen molar-refractivity contribution < 1.29 is 19.1 Å². The minimum Gasteiger partial charge on any atom is -0.444 e. The topological polar surface area (TPSA) is 87.7 Å². The largest absolute Gasteiger partial charge is 0.444 e. The normalized spacial score (nSPS) is 13.9. The van der Waals surface area contributed by atoms with E-state index in [1.165, 1.54) is 0 Å². The van der Waals surface area contributed by atoms with Gasteiger partial charge in [0.2, 0.25) is 11.8 Å². The van der Waals surface area contributed by atoms with E-state index in [0.717, 1.165) is 55.2 Å². The number of hydrogen-bond acceptors (Lipinski definition) is 4. The molecule has 0 aliphatic rings. The summed E-state index contributed by atoms with van der Waals surface area (Å²) in [6.45, 7) is 20.1. The van der Waals surface area contributed by atoms with Crippen LogP contribution >= 0.6 is 0 Å². The highest BCUT2D eigenvalue weighted by Crippen LogP contribution is 2.28. The zero-order chi connectivity index (χ0) is 29.8. The number of hydrogen-bond donors (Lipinski definition) is 2. The Balaban J connectivity index is 3.59. The van der Waals surface area contributed by atoms with Crippen molar-refractivity contribution in [1.29, 1.82) is 0 Å². The second-order valence-electron chi connectivity index (χ2n) is 12.4. The van der Waals surface area contributed by atoms with Crippen LogP contribution in [-0.4, -0.2) is 47.0 Å². The first-order valence-corrected chi connectivity index (χ1v) is 14.9. The quantitative estimate of drug-likeness (QED) is 0.232. The Labute approximate surface area is 237 Å². The number of rotatable bonds is 15. The molecular weight excluding hydrogens is 490 g/mol. The predicted molar refractivity (Wildman–Crippen MR) is 160 cm³/mol. The summed E-state index contributed by atoms with van der Waals surface area (Å²) in [4.78, 5) is 42.8. The molecule has 7 heteroatoms. The highest BCUT2D eigenvalue weighted by Gasteiger charge is 2.37. The summed E-state index contributed by atoms with van der Waals surface area (Å²) < 4.78 is 5.50. The van der Waals surface area contributed by atoms with Crippen molar-refractivity contribution in [3.8, 4) is 0 Å². The first kappa shape index (κ1) is 34.5. The first-order chi connectivity index (χ1) is 18.2. The van der Waals surface area contributed by atoms with Crippen molar-refractivity contribution in [2.24, 2.45) is 5.92 Å². The number of carbonyl (C=O) groups excluding carboxylic acids is 3. The van der Waals surface area contributed by atoms with E-state index in [0.29, 0.717) is 13.0 Å². The molecule has 0 spiro atoms. The zero-order valence-electron chi connectivity index (χ0n) is 26.3. The molecule has 1 aromatic rings. The first-order valence-electron chi connectivity index (χ1n) is 14.9. The van der Waals surface area contributed by atoms with Gasteiger partial charge in [0.1, 0.15) is 17.7 Å². The lowest BCUT2D eigenvalue weighted by Gasteiger charge is -2.36. The van der Waals surface area contributed by atoms with Gasteiger partial charge in [-0.1, -0.05) is 77.1 Å². The van der Waals surface area contributed by atoms with Gasteiger partial charge in [0, 0.05) is 12.6 Å². The van der Waals surface area contributed by atoms with E-state index < -0.39 is 23.8 Å². The molecule has 39 heavy (non-hydrogen) atoms. The Kier molecular flexibility index (Phi) is 14.6. The molecule has 0 aliphatic carbocycles. The number of nitrogens with zero attached hydrogens (tertiary/aromatic N) is 1. The van der Waals surface area contributed by atoms with E-state index in [2.05, 4.69) is 24.5 Å². The fourth-order valence-corrected chi connectivity index (χ4v) is 4.75. The molecule has 0 bridgehead atoms. The van der Waals surface area contributed by atoms with Crippen LogP contribution in [0.25, 0.3) is 0 Å². The highest BCUT2D eigenvalue weighted by molar-refractivity contribution is 5.92. The zero-order valence-corrected chi connectivity index (χ0v) is 26.3. The maximum atomic E-state index is 14.3. The van der Waals surface area contributed by atoms with Gasteiger partial charge in [-0.25, -0.2) is 4.79 Å². The standard InChI is InChI=1S/C32H55N3O4/c1-11-13-14-15-19-35(30(37)27(20-22(3)4)34-31(38)39-32(8,9)10)28(29(36)33-25(7)16-12-2)26-21-23(5)17-18-24(26)6/h17-18,21-22,25,27-28H,11-16,19-20H2,1-10H3,(H,33,36)(H,34,38). The van der Waals surface area contributed by atoms with Crippen LogP contribution in [0.3, 0.4) is 0 Å². The number of amides is 3. The van der Waals surface area contributed by atoms with Crippen molar-refractivity contribution in [1.82, 2.24) is 15.5 Å². The van der Waals surface area contributed by atoms with Gasteiger partial charge >= 0.3 is 6.09 Å². The molecule has 222 valence electrons. The number of alkyl carbamates (subject to hydrolysis) is 1. The fraction of sp³-hybridized carbons (Fsp3) is 0.719. The smallest absolute Gasteiger partial charge is 0.408 e. The number of carbonyl (C=O) groups is 3. The van der Waals surface area contributed by atoms with Gasteiger partial charge in [-0.2, -0.15) is 0 Å². The van der Waals surface area contributed by atoms with Crippen molar-refractivity contribution in [2.75, 3.05) is 6.54 Å². The number of ether oxygens (including phenoxy) is 1. The van der Waals surface area contributed by atoms with Crippen LogP contribution in [0.5, 0.6) is 0 Å². The second-order valence-corrected chi connectivity index (χ2v) is 12.4. The number of benzene rings is 1. The van der Waals surface area contributed by atoms with E-state index in [-0.39, 0.29) is 23.8 Å². The highest BCUT2D eigenvalue weighted by atomic mass is 16.6. The third kappa shape index (κ3) is 12.4. The number of aryl methyl sites for hydroxylation is 2. The van der Waals surface area contributed by atoms with Crippen molar-refractivity contribution >= 4 is 17.9 Å². The van der Waals surface area contributed by atoms with Gasteiger partial charge in [0.15, 0.2) is 0 Å². The van der Waals surface area contributed by atoms with Crippen LogP contribution in [0.1, 0.15) is 123 Å². The molecule has 3 amide bonds. The second kappa shape index (κ2) is 16.5. The van der Waals surface area contributed by atoms with Gasteiger partial charge in [-0.15, -0.1) is 0 Å². The number of unbranched alkanes of at least 4 members (excludes halogenated alkanes) is 3. The lowest BCUT2D eigenvalue weighted by molar-refractivity contribution is -0.143. The lowest BCUT2D eigenvalue weighted by atomic mass is 9.94. The van der Waals surface area contributed by atoms with Crippen molar-refractivity contribution in [2.45, 2.75) is 138 Å². The third-order valence-corrected chi connectivity index (χ3v) is 6.63. The molecular formula is C32H55N3O4. The Morgan fingerprint density at radius 3 is 2.18 bits per heavy atom. The summed E-state index contributed by atoms with van der Waals surface area (Å²) in [6, 6.07) is 4.42. The molecule has 0 heterocycles. The Morgan fingerprint density at radius 1 is 0.949 bits per heavy atom. The van der Waals surface area contributed by atoms with Crippen molar-refractivity contribution in [3.05, 3.63) is 34.9 Å². The molecule has 7 nitrogen and oxygen atoms in total. The van der Waals surface area contributed by atoms with Crippen LogP contribution in [0.2, 0.25) is 0 Å². The Bertz CT molecular complexity index is 922. The molecule has 1 aromatic carbocycles. The predicted octanol–water partition coefficient (Wildman–Crippen LogP) is 7.00. The maximum Gasteiger partial charge on any atom is 0.408 e. The molecule has 3 atom stereocenters. The third-order valence-electron chi connectivity index (χ3n) is 6.63. The summed E-state index contributed by atoms with van der Waals surface area (Å²) in [5, 5.41) is 6.00. The number of nitrogens with one attached hydrogen (secondary N) is 2. The van der Waals surface area contributed by atoms with Gasteiger partial charge in [0.25, 0.3) is 0 Å². The Morgan fingerprint density at radius 2 is 1.62 bits per heavy atom. The molecule has 0 aliphatic heterocycles. The molecule has 1 rings (SSSR count). The summed E-state index contributed by atoms with van der Waals surface area (Å²) in [6.07, 6.45) is 5.48. The molecule has 0 saturated heterocycles.